The number of pyridine rings is 1. The number of nitrogens with two attached hydrogens (primary N) is 1. The zero-order chi connectivity index (χ0) is 25.3. The molecule has 0 aliphatic rings. The van der Waals surface area contributed by atoms with Gasteiger partial charge in [-0.1, -0.05) is 0 Å². The average Bonchev–Trinajstić information content (AvgIpc) is 3.16. The third-order valence-corrected chi connectivity index (χ3v) is 4.60. The highest BCUT2D eigenvalue weighted by molar-refractivity contribution is 5.98. The first-order valence-electron chi connectivity index (χ1n) is 9.61. The molecule has 5 N–H and O–H groups in total. The van der Waals surface area contributed by atoms with E-state index in [0.717, 1.165) is 0 Å². The number of carbonyl (C=O) groups is 2. The van der Waals surface area contributed by atoms with Gasteiger partial charge in [0.25, 0.3) is 0 Å². The van der Waals surface area contributed by atoms with Crippen molar-refractivity contribution in [2.24, 2.45) is 5.73 Å². The van der Waals surface area contributed by atoms with E-state index in [1.54, 1.807) is 0 Å². The molecule has 3 amide bonds. The van der Waals surface area contributed by atoms with E-state index in [1.807, 2.05) is 0 Å². The molecule has 0 bridgehead atoms. The Morgan fingerprint density at radius 3 is 2.43 bits per heavy atom. The first kappa shape index (κ1) is 23.3. The lowest BCUT2D eigenvalue weighted by molar-refractivity contribution is -0.137. The molecule has 0 fully saturated rings. The summed E-state index contributed by atoms with van der Waals surface area (Å²) in [5.74, 6) is -0.624. The molecule has 2 heterocycles. The molecule has 0 aliphatic heterocycles. The summed E-state index contributed by atoms with van der Waals surface area (Å²) < 4.78 is 59.2. The van der Waals surface area contributed by atoms with Gasteiger partial charge in [-0.15, -0.1) is 0 Å². The highest BCUT2D eigenvalue weighted by atomic mass is 19.4. The number of alkyl halides is 3. The molecule has 10 nitrogen and oxygen atoms in total. The molecule has 0 spiro atoms. The Bertz CT molecular complexity index is 1420. The maximum atomic E-state index is 14.3. The minimum absolute atomic E-state index is 0.00499. The van der Waals surface area contributed by atoms with Crippen LogP contribution in [-0.2, 0) is 6.18 Å². The lowest BCUT2D eigenvalue weighted by Crippen LogP contribution is -2.32. The zero-order valence-electron chi connectivity index (χ0n) is 17.3. The Kier molecular flexibility index (Phi) is 5.86. The van der Waals surface area contributed by atoms with Crippen LogP contribution in [0, 0.1) is 5.82 Å². The summed E-state index contributed by atoms with van der Waals surface area (Å²) in [6.45, 7) is 0. The lowest BCUT2D eigenvalue weighted by atomic mass is 10.1. The molecule has 4 aromatic rings. The maximum Gasteiger partial charge on any atom is 0.416 e. The summed E-state index contributed by atoms with van der Waals surface area (Å²) in [4.78, 5) is 34.0. The molecule has 2 aromatic carbocycles. The number of carboxylic acid groups (broad SMARTS) is 1. The summed E-state index contributed by atoms with van der Waals surface area (Å²) in [5, 5.41) is 10.8. The SMILES string of the molecule is NC(=O)N(c1ccc(Oc2cnc3nc(NC(=O)O)[nH]c3c2)cc1)c1cc(C(F)(F)F)ccc1F. The highest BCUT2D eigenvalue weighted by Crippen LogP contribution is 2.36. The van der Waals surface area contributed by atoms with Crippen LogP contribution in [0.1, 0.15) is 5.56 Å². The van der Waals surface area contributed by atoms with Gasteiger partial charge in [0, 0.05) is 6.07 Å². The lowest BCUT2D eigenvalue weighted by Gasteiger charge is -2.22. The van der Waals surface area contributed by atoms with Crippen molar-refractivity contribution in [2.75, 3.05) is 10.2 Å². The molecule has 4 rings (SSSR count). The number of hydrogen-bond acceptors (Lipinski definition) is 5. The molecule has 0 saturated heterocycles. The first-order chi connectivity index (χ1) is 16.5. The number of H-pyrrole nitrogens is 1. The van der Waals surface area contributed by atoms with Crippen LogP contribution >= 0.6 is 0 Å². The number of amides is 3. The predicted molar refractivity (Wildman–Crippen MR) is 115 cm³/mol. The van der Waals surface area contributed by atoms with Crippen molar-refractivity contribution in [3.05, 3.63) is 66.1 Å². The first-order valence-corrected chi connectivity index (χ1v) is 9.61. The molecule has 0 radical (unpaired) electrons. The van der Waals surface area contributed by atoms with Crippen LogP contribution in [0.15, 0.2) is 54.7 Å². The number of aromatic amines is 1. The van der Waals surface area contributed by atoms with E-state index in [9.17, 15) is 27.2 Å². The van der Waals surface area contributed by atoms with Crippen molar-refractivity contribution < 1.29 is 37.0 Å². The third kappa shape index (κ3) is 5.05. The second kappa shape index (κ2) is 8.81. The van der Waals surface area contributed by atoms with E-state index in [2.05, 4.69) is 20.3 Å². The van der Waals surface area contributed by atoms with E-state index in [-0.39, 0.29) is 28.8 Å². The van der Waals surface area contributed by atoms with Crippen LogP contribution in [0.4, 0.5) is 44.5 Å². The number of rotatable bonds is 5. The minimum atomic E-state index is -4.75. The molecule has 0 atom stereocenters. The van der Waals surface area contributed by atoms with Crippen molar-refractivity contribution in [2.45, 2.75) is 6.18 Å². The molecular weight excluding hydrogens is 476 g/mol. The fraction of sp³-hybridized carbons (Fsp3) is 0.0476. The van der Waals surface area contributed by atoms with Gasteiger partial charge < -0.3 is 20.6 Å². The fourth-order valence-electron chi connectivity index (χ4n) is 3.14. The number of nitrogens with zero attached hydrogens (tertiary/aromatic N) is 3. The van der Waals surface area contributed by atoms with Crippen molar-refractivity contribution in [1.82, 2.24) is 15.0 Å². The quantitative estimate of drug-likeness (QED) is 0.282. The van der Waals surface area contributed by atoms with Crippen molar-refractivity contribution in [3.8, 4) is 11.5 Å². The number of anilines is 3. The molecule has 0 unspecified atom stereocenters. The van der Waals surface area contributed by atoms with Crippen LogP contribution in [0.3, 0.4) is 0 Å². The van der Waals surface area contributed by atoms with Gasteiger partial charge >= 0.3 is 18.3 Å². The monoisotopic (exact) mass is 490 g/mol. The second-order valence-corrected chi connectivity index (χ2v) is 6.99. The largest absolute Gasteiger partial charge is 0.465 e. The standard InChI is InChI=1S/C21H14F4N6O4/c22-14-6-1-10(21(23,24)25)7-16(14)31(18(26)32)11-2-4-12(5-3-11)35-13-8-15-17(27-9-13)29-19(28-15)30-20(33)34/h1-9H,(H2,26,32)(H,33,34)(H2,27,28,29,30). The number of halogens is 4. The van der Waals surface area contributed by atoms with Crippen LogP contribution in [-0.4, -0.2) is 32.2 Å². The number of imidazole rings is 1. The molecule has 0 saturated carbocycles. The van der Waals surface area contributed by atoms with E-state index < -0.39 is 35.4 Å². The smallest absolute Gasteiger partial charge is 0.416 e. The Balaban J connectivity index is 1.59. The number of aromatic nitrogens is 3. The average molecular weight is 490 g/mol. The Morgan fingerprint density at radius 2 is 1.80 bits per heavy atom. The molecule has 14 heteroatoms. The number of hydrogen-bond donors (Lipinski definition) is 4. The van der Waals surface area contributed by atoms with Gasteiger partial charge in [-0.25, -0.2) is 19.0 Å². The summed E-state index contributed by atoms with van der Waals surface area (Å²) >= 11 is 0. The van der Waals surface area contributed by atoms with E-state index in [0.29, 0.717) is 28.6 Å². The molecule has 180 valence electrons. The molecular formula is C21H14F4N6O4. The highest BCUT2D eigenvalue weighted by Gasteiger charge is 2.32. The normalized spacial score (nSPS) is 11.3. The third-order valence-electron chi connectivity index (χ3n) is 4.60. The number of benzene rings is 2. The number of carbonyl (C=O) groups excluding carboxylic acids is 1. The van der Waals surface area contributed by atoms with Gasteiger partial charge in [0.05, 0.1) is 28.7 Å². The number of ether oxygens (including phenoxy) is 1. The van der Waals surface area contributed by atoms with Crippen LogP contribution in [0.2, 0.25) is 0 Å². The molecule has 2 aromatic heterocycles. The maximum absolute atomic E-state index is 14.3. The summed E-state index contributed by atoms with van der Waals surface area (Å²) in [6, 6.07) is 7.32. The topological polar surface area (TPSA) is 146 Å². The Labute approximate surface area is 193 Å². The van der Waals surface area contributed by atoms with Gasteiger partial charge in [0.2, 0.25) is 5.95 Å². The van der Waals surface area contributed by atoms with Crippen molar-refractivity contribution in [1.29, 1.82) is 0 Å². The minimum Gasteiger partial charge on any atom is -0.465 e. The number of primary amides is 1. The van der Waals surface area contributed by atoms with E-state index in [4.69, 9.17) is 15.6 Å². The summed E-state index contributed by atoms with van der Waals surface area (Å²) in [5.41, 5.74) is 4.11. The molecule has 35 heavy (non-hydrogen) atoms. The van der Waals surface area contributed by atoms with Gasteiger partial charge in [-0.2, -0.15) is 18.2 Å². The van der Waals surface area contributed by atoms with Gasteiger partial charge in [-0.3, -0.25) is 10.2 Å². The number of urea groups is 1. The van der Waals surface area contributed by atoms with E-state index >= 15 is 0 Å². The second-order valence-electron chi connectivity index (χ2n) is 6.99. The van der Waals surface area contributed by atoms with E-state index in [1.165, 1.54) is 36.5 Å². The number of nitrogens with one attached hydrogen (secondary N) is 2. The van der Waals surface area contributed by atoms with Gasteiger partial charge in [0.15, 0.2) is 5.65 Å². The molecule has 0 aliphatic carbocycles. The Morgan fingerprint density at radius 1 is 1.09 bits per heavy atom. The van der Waals surface area contributed by atoms with Crippen LogP contribution in [0.25, 0.3) is 11.2 Å². The zero-order valence-corrected chi connectivity index (χ0v) is 17.3. The van der Waals surface area contributed by atoms with Gasteiger partial charge in [-0.05, 0) is 42.5 Å². The van der Waals surface area contributed by atoms with Gasteiger partial charge in [0.1, 0.15) is 17.3 Å². The summed E-state index contributed by atoms with van der Waals surface area (Å²) in [6.07, 6.45) is -4.73. The van der Waals surface area contributed by atoms with Crippen LogP contribution in [0.5, 0.6) is 11.5 Å². The summed E-state index contributed by atoms with van der Waals surface area (Å²) in [7, 11) is 0. The predicted octanol–water partition coefficient (Wildman–Crippen LogP) is 5.21. The Hall–Kier alpha value is -4.88. The van der Waals surface area contributed by atoms with Crippen molar-refractivity contribution in [3.63, 3.8) is 0 Å². The van der Waals surface area contributed by atoms with Crippen LogP contribution < -0.4 is 20.7 Å². The fourth-order valence-corrected chi connectivity index (χ4v) is 3.14. The number of fused-ring (bicyclic) bond motifs is 1. The van der Waals surface area contributed by atoms with Crippen molar-refractivity contribution >= 4 is 40.6 Å².